The molecule has 0 bridgehead atoms. The fraction of sp³-hybridized carbons (Fsp3) is 0.909. The maximum absolute atomic E-state index is 11.8. The topological polar surface area (TPSA) is 75.7 Å². The lowest BCUT2D eigenvalue weighted by atomic mass is 9.98. The molecule has 1 unspecified atom stereocenters. The molecule has 1 heterocycles. The van der Waals surface area contributed by atoms with E-state index >= 15 is 0 Å². The van der Waals surface area contributed by atoms with E-state index in [1.807, 2.05) is 6.92 Å². The fourth-order valence-electron chi connectivity index (χ4n) is 2.01. The maximum atomic E-state index is 11.8. The van der Waals surface area contributed by atoms with E-state index in [1.165, 1.54) is 0 Å². The second-order valence-electron chi connectivity index (χ2n) is 4.61. The Morgan fingerprint density at radius 3 is 2.83 bits per heavy atom. The van der Waals surface area contributed by atoms with Crippen LogP contribution in [0.2, 0.25) is 0 Å². The lowest BCUT2D eigenvalue weighted by molar-refractivity contribution is -0.137. The van der Waals surface area contributed by atoms with E-state index in [0.29, 0.717) is 19.7 Å². The molecule has 1 N–H and O–H groups in total. The van der Waals surface area contributed by atoms with E-state index < -0.39 is 10.0 Å². The van der Waals surface area contributed by atoms with Gasteiger partial charge in [-0.25, -0.2) is 13.1 Å². The summed E-state index contributed by atoms with van der Waals surface area (Å²) in [4.78, 5) is 13.5. The maximum Gasteiger partial charge on any atom is 0.248 e. The number of nitrogens with one attached hydrogen (secondary N) is 1. The standard InChI is InChI=1S/C11H22N2O4S/c1-3-17-9-11(14)13-6-4-5-10(8-13)7-12-18(2,15)16/h10,12H,3-9H2,1-2H3. The molecule has 1 aliphatic heterocycles. The van der Waals surface area contributed by atoms with Crippen molar-refractivity contribution in [2.75, 3.05) is 39.1 Å². The highest BCUT2D eigenvalue weighted by Crippen LogP contribution is 2.16. The Kier molecular flexibility index (Phi) is 6.04. The minimum atomic E-state index is -3.15. The molecule has 106 valence electrons. The third-order valence-corrected chi connectivity index (χ3v) is 3.63. The summed E-state index contributed by atoms with van der Waals surface area (Å²) in [7, 11) is -3.15. The normalized spacial score (nSPS) is 21.0. The van der Waals surface area contributed by atoms with Crippen molar-refractivity contribution in [3.63, 3.8) is 0 Å². The molecule has 0 aromatic carbocycles. The van der Waals surface area contributed by atoms with Crippen LogP contribution < -0.4 is 4.72 Å². The number of hydrogen-bond acceptors (Lipinski definition) is 4. The Hall–Kier alpha value is -0.660. The lowest BCUT2D eigenvalue weighted by Crippen LogP contribution is -2.44. The molecule has 1 atom stereocenters. The number of carbonyl (C=O) groups is 1. The molecule has 18 heavy (non-hydrogen) atoms. The van der Waals surface area contributed by atoms with Gasteiger partial charge in [-0.2, -0.15) is 0 Å². The zero-order valence-corrected chi connectivity index (χ0v) is 11.8. The van der Waals surface area contributed by atoms with Crippen molar-refractivity contribution in [3.05, 3.63) is 0 Å². The van der Waals surface area contributed by atoms with Crippen LogP contribution in [0, 0.1) is 5.92 Å². The van der Waals surface area contributed by atoms with Crippen LogP contribution in [0.1, 0.15) is 19.8 Å². The van der Waals surface area contributed by atoms with Gasteiger partial charge >= 0.3 is 0 Å². The van der Waals surface area contributed by atoms with E-state index in [-0.39, 0.29) is 18.4 Å². The smallest absolute Gasteiger partial charge is 0.248 e. The van der Waals surface area contributed by atoms with Gasteiger partial charge < -0.3 is 9.64 Å². The van der Waals surface area contributed by atoms with Gasteiger partial charge in [-0.3, -0.25) is 4.79 Å². The predicted octanol–water partition coefficient (Wildman–Crippen LogP) is -0.189. The quantitative estimate of drug-likeness (QED) is 0.731. The molecular formula is C11H22N2O4S. The second-order valence-corrected chi connectivity index (χ2v) is 6.44. The first kappa shape index (κ1) is 15.4. The van der Waals surface area contributed by atoms with Crippen LogP contribution >= 0.6 is 0 Å². The minimum absolute atomic E-state index is 0.0131. The van der Waals surface area contributed by atoms with Gasteiger partial charge in [-0.1, -0.05) is 0 Å². The number of ether oxygens (including phenoxy) is 1. The molecule has 1 saturated heterocycles. The highest BCUT2D eigenvalue weighted by Gasteiger charge is 2.23. The van der Waals surface area contributed by atoms with Crippen molar-refractivity contribution in [1.29, 1.82) is 0 Å². The summed E-state index contributed by atoms with van der Waals surface area (Å²) < 4.78 is 29.6. The van der Waals surface area contributed by atoms with Crippen LogP contribution in [0.15, 0.2) is 0 Å². The van der Waals surface area contributed by atoms with Gasteiger partial charge in [0.05, 0.1) is 6.26 Å². The zero-order valence-electron chi connectivity index (χ0n) is 11.0. The SMILES string of the molecule is CCOCC(=O)N1CCCC(CNS(C)(=O)=O)C1. The van der Waals surface area contributed by atoms with Crippen LogP contribution in [0.3, 0.4) is 0 Å². The number of amides is 1. The summed E-state index contributed by atoms with van der Waals surface area (Å²) in [6.07, 6.45) is 3.00. The third-order valence-electron chi connectivity index (χ3n) is 2.94. The van der Waals surface area contributed by atoms with Gasteiger partial charge in [0.1, 0.15) is 6.61 Å². The van der Waals surface area contributed by atoms with Gasteiger partial charge in [-0.15, -0.1) is 0 Å². The molecule has 1 rings (SSSR count). The number of carbonyl (C=O) groups excluding carboxylic acids is 1. The van der Waals surface area contributed by atoms with Gasteiger partial charge in [0.2, 0.25) is 15.9 Å². The van der Waals surface area contributed by atoms with E-state index in [1.54, 1.807) is 4.90 Å². The Balaban J connectivity index is 2.38. The third kappa shape index (κ3) is 5.79. The summed E-state index contributed by atoms with van der Waals surface area (Å²) >= 11 is 0. The van der Waals surface area contributed by atoms with Crippen LogP contribution in [0.25, 0.3) is 0 Å². The number of hydrogen-bond donors (Lipinski definition) is 1. The van der Waals surface area contributed by atoms with Crippen molar-refractivity contribution < 1.29 is 17.9 Å². The average molecular weight is 278 g/mol. The molecule has 0 aromatic heterocycles. The number of rotatable bonds is 6. The van der Waals surface area contributed by atoms with E-state index in [9.17, 15) is 13.2 Å². The average Bonchev–Trinajstić information content (AvgIpc) is 2.33. The summed E-state index contributed by atoms with van der Waals surface area (Å²) in [5, 5.41) is 0. The van der Waals surface area contributed by atoms with Crippen molar-refractivity contribution in [2.45, 2.75) is 19.8 Å². The van der Waals surface area contributed by atoms with Gasteiger partial charge in [-0.05, 0) is 25.7 Å². The Morgan fingerprint density at radius 2 is 2.22 bits per heavy atom. The molecule has 1 amide bonds. The Bertz CT molecular complexity index is 369. The molecule has 0 aliphatic carbocycles. The van der Waals surface area contributed by atoms with E-state index in [2.05, 4.69) is 4.72 Å². The molecule has 0 spiro atoms. The Labute approximate surface area is 109 Å². The first-order valence-electron chi connectivity index (χ1n) is 6.22. The van der Waals surface area contributed by atoms with Crippen LogP contribution in [-0.2, 0) is 19.6 Å². The summed E-state index contributed by atoms with van der Waals surface area (Å²) in [6, 6.07) is 0. The first-order chi connectivity index (χ1) is 8.42. The lowest BCUT2D eigenvalue weighted by Gasteiger charge is -2.32. The second kappa shape index (κ2) is 7.06. The molecular weight excluding hydrogens is 256 g/mol. The molecule has 0 radical (unpaired) electrons. The van der Waals surface area contributed by atoms with Gasteiger partial charge in [0.15, 0.2) is 0 Å². The van der Waals surface area contributed by atoms with Crippen molar-refractivity contribution in [2.24, 2.45) is 5.92 Å². The van der Waals surface area contributed by atoms with Crippen molar-refractivity contribution in [3.8, 4) is 0 Å². The highest BCUT2D eigenvalue weighted by atomic mass is 32.2. The Morgan fingerprint density at radius 1 is 1.50 bits per heavy atom. The molecule has 0 saturated carbocycles. The fourth-order valence-corrected chi connectivity index (χ4v) is 2.55. The van der Waals surface area contributed by atoms with Crippen LogP contribution in [0.5, 0.6) is 0 Å². The summed E-state index contributed by atoms with van der Waals surface area (Å²) in [5.74, 6) is 0.181. The number of sulfonamides is 1. The monoisotopic (exact) mass is 278 g/mol. The largest absolute Gasteiger partial charge is 0.372 e. The predicted molar refractivity (Wildman–Crippen MR) is 68.6 cm³/mol. The molecule has 6 nitrogen and oxygen atoms in total. The number of likely N-dealkylation sites (tertiary alicyclic amines) is 1. The zero-order chi connectivity index (χ0) is 13.6. The van der Waals surface area contributed by atoms with Crippen LogP contribution in [0.4, 0.5) is 0 Å². The molecule has 0 aromatic rings. The van der Waals surface area contributed by atoms with Crippen molar-refractivity contribution >= 4 is 15.9 Å². The van der Waals surface area contributed by atoms with Gasteiger partial charge in [0.25, 0.3) is 0 Å². The first-order valence-corrected chi connectivity index (χ1v) is 8.11. The number of piperidine rings is 1. The molecule has 7 heteroatoms. The van der Waals surface area contributed by atoms with Crippen LogP contribution in [-0.4, -0.2) is 58.3 Å². The van der Waals surface area contributed by atoms with E-state index in [0.717, 1.165) is 25.6 Å². The molecule has 1 aliphatic rings. The summed E-state index contributed by atoms with van der Waals surface area (Å²) in [5.41, 5.74) is 0. The molecule has 1 fully saturated rings. The summed E-state index contributed by atoms with van der Waals surface area (Å²) in [6.45, 7) is 4.23. The highest BCUT2D eigenvalue weighted by molar-refractivity contribution is 7.88. The minimum Gasteiger partial charge on any atom is -0.372 e. The van der Waals surface area contributed by atoms with Gasteiger partial charge in [0, 0.05) is 26.2 Å². The van der Waals surface area contributed by atoms with E-state index in [4.69, 9.17) is 4.74 Å². The van der Waals surface area contributed by atoms with Crippen molar-refractivity contribution in [1.82, 2.24) is 9.62 Å². The number of nitrogens with zero attached hydrogens (tertiary/aromatic N) is 1.